The minimum Gasteiger partial charge on any atom is -0.465 e. The standard InChI is InChI=1S/C15H16FN3O2/c1-21-15(20)13-5-2-10(16)6-14(13)18-8-12-7-17-9-19(12)11-3-4-11/h2,5-7,9,11,18H,3-4,8H2,1H3. The van der Waals surface area contributed by atoms with Gasteiger partial charge in [-0.15, -0.1) is 0 Å². The van der Waals surface area contributed by atoms with Gasteiger partial charge in [-0.3, -0.25) is 0 Å². The topological polar surface area (TPSA) is 56.1 Å². The number of rotatable bonds is 5. The molecule has 1 heterocycles. The maximum absolute atomic E-state index is 13.4. The summed E-state index contributed by atoms with van der Waals surface area (Å²) in [6.07, 6.45) is 5.91. The number of carbonyl (C=O) groups is 1. The van der Waals surface area contributed by atoms with Crippen LogP contribution in [0.4, 0.5) is 10.1 Å². The lowest BCUT2D eigenvalue weighted by atomic mass is 10.1. The van der Waals surface area contributed by atoms with Crippen LogP contribution in [-0.4, -0.2) is 22.6 Å². The van der Waals surface area contributed by atoms with E-state index in [-0.39, 0.29) is 0 Å². The molecule has 2 aromatic rings. The van der Waals surface area contributed by atoms with Crippen molar-refractivity contribution in [3.05, 3.63) is 47.8 Å². The molecule has 0 aliphatic heterocycles. The van der Waals surface area contributed by atoms with Crippen molar-refractivity contribution < 1.29 is 13.9 Å². The SMILES string of the molecule is COC(=O)c1ccc(F)cc1NCc1cncn1C1CC1. The molecule has 21 heavy (non-hydrogen) atoms. The lowest BCUT2D eigenvalue weighted by Gasteiger charge is -2.12. The van der Waals surface area contributed by atoms with Gasteiger partial charge in [0.25, 0.3) is 0 Å². The van der Waals surface area contributed by atoms with Crippen molar-refractivity contribution in [3.8, 4) is 0 Å². The minimum atomic E-state index is -0.492. The Kier molecular flexibility index (Phi) is 3.60. The number of hydrogen-bond acceptors (Lipinski definition) is 4. The number of aromatic nitrogens is 2. The van der Waals surface area contributed by atoms with E-state index in [0.717, 1.165) is 18.5 Å². The molecule has 0 saturated heterocycles. The number of esters is 1. The van der Waals surface area contributed by atoms with Gasteiger partial charge in [0, 0.05) is 12.2 Å². The van der Waals surface area contributed by atoms with Crippen molar-refractivity contribution in [2.45, 2.75) is 25.4 Å². The summed E-state index contributed by atoms with van der Waals surface area (Å²) in [5.41, 5.74) is 1.75. The van der Waals surface area contributed by atoms with Crippen LogP contribution in [0.15, 0.2) is 30.7 Å². The fourth-order valence-corrected chi connectivity index (χ4v) is 2.29. The molecule has 1 aromatic carbocycles. The van der Waals surface area contributed by atoms with Gasteiger partial charge >= 0.3 is 5.97 Å². The lowest BCUT2D eigenvalue weighted by molar-refractivity contribution is 0.0601. The summed E-state index contributed by atoms with van der Waals surface area (Å²) < 4.78 is 20.2. The average Bonchev–Trinajstić information content (AvgIpc) is 3.23. The summed E-state index contributed by atoms with van der Waals surface area (Å²) in [4.78, 5) is 15.8. The molecule has 3 rings (SSSR count). The zero-order chi connectivity index (χ0) is 14.8. The van der Waals surface area contributed by atoms with Crippen molar-refractivity contribution in [3.63, 3.8) is 0 Å². The van der Waals surface area contributed by atoms with Gasteiger partial charge < -0.3 is 14.6 Å². The number of halogens is 1. The average molecular weight is 289 g/mol. The number of methoxy groups -OCH3 is 1. The lowest BCUT2D eigenvalue weighted by Crippen LogP contribution is -2.10. The molecule has 0 atom stereocenters. The summed E-state index contributed by atoms with van der Waals surface area (Å²) in [6, 6.07) is 4.48. The quantitative estimate of drug-likeness (QED) is 0.860. The van der Waals surface area contributed by atoms with Gasteiger partial charge in [-0.25, -0.2) is 14.2 Å². The van der Waals surface area contributed by atoms with Crippen LogP contribution in [0, 0.1) is 5.82 Å². The smallest absolute Gasteiger partial charge is 0.339 e. The Labute approximate surface area is 121 Å². The Balaban J connectivity index is 1.79. The molecule has 1 fully saturated rings. The third-order valence-corrected chi connectivity index (χ3v) is 3.53. The minimum absolute atomic E-state index is 0.316. The first-order valence-electron chi connectivity index (χ1n) is 6.81. The van der Waals surface area contributed by atoms with E-state index in [4.69, 9.17) is 4.74 Å². The molecule has 1 aliphatic rings. The largest absolute Gasteiger partial charge is 0.465 e. The number of anilines is 1. The summed E-state index contributed by atoms with van der Waals surface area (Å²) in [7, 11) is 1.30. The van der Waals surface area contributed by atoms with Crippen LogP contribution in [0.1, 0.15) is 34.9 Å². The second-order valence-corrected chi connectivity index (χ2v) is 5.06. The third kappa shape index (κ3) is 2.89. The molecule has 0 amide bonds. The second kappa shape index (κ2) is 5.55. The Bertz CT molecular complexity index is 665. The molecule has 5 nitrogen and oxygen atoms in total. The van der Waals surface area contributed by atoms with E-state index >= 15 is 0 Å². The molecule has 0 radical (unpaired) electrons. The van der Waals surface area contributed by atoms with Gasteiger partial charge in [-0.2, -0.15) is 0 Å². The second-order valence-electron chi connectivity index (χ2n) is 5.06. The summed E-state index contributed by atoms with van der Waals surface area (Å²) in [5, 5.41) is 3.09. The van der Waals surface area contributed by atoms with Gasteiger partial charge in [0.05, 0.1) is 36.9 Å². The molecule has 110 valence electrons. The van der Waals surface area contributed by atoms with Crippen molar-refractivity contribution >= 4 is 11.7 Å². The van der Waals surface area contributed by atoms with Crippen LogP contribution in [0.25, 0.3) is 0 Å². The highest BCUT2D eigenvalue weighted by Crippen LogP contribution is 2.35. The number of nitrogens with one attached hydrogen (secondary N) is 1. The molecule has 1 aliphatic carbocycles. The normalized spacial score (nSPS) is 14.0. The van der Waals surface area contributed by atoms with Crippen LogP contribution < -0.4 is 5.32 Å². The van der Waals surface area contributed by atoms with Crippen LogP contribution in [0.3, 0.4) is 0 Å². The van der Waals surface area contributed by atoms with Crippen LogP contribution in [0.5, 0.6) is 0 Å². The van der Waals surface area contributed by atoms with E-state index in [0.29, 0.717) is 23.8 Å². The number of hydrogen-bond donors (Lipinski definition) is 1. The van der Waals surface area contributed by atoms with Crippen molar-refractivity contribution in [2.75, 3.05) is 12.4 Å². The van der Waals surface area contributed by atoms with Crippen molar-refractivity contribution in [2.24, 2.45) is 0 Å². The Morgan fingerprint density at radius 1 is 1.52 bits per heavy atom. The Hall–Kier alpha value is -2.37. The monoisotopic (exact) mass is 289 g/mol. The molecule has 1 aromatic heterocycles. The molecular weight excluding hydrogens is 273 g/mol. The number of carbonyl (C=O) groups excluding carboxylic acids is 1. The molecule has 0 bridgehead atoms. The highest BCUT2D eigenvalue weighted by atomic mass is 19.1. The molecule has 1 saturated carbocycles. The predicted molar refractivity (Wildman–Crippen MR) is 75.6 cm³/mol. The first kappa shape index (κ1) is 13.6. The van der Waals surface area contributed by atoms with Crippen molar-refractivity contribution in [1.82, 2.24) is 9.55 Å². The van der Waals surface area contributed by atoms with E-state index in [1.165, 1.54) is 25.3 Å². The van der Waals surface area contributed by atoms with Crippen LogP contribution >= 0.6 is 0 Å². The number of imidazole rings is 1. The van der Waals surface area contributed by atoms with Gasteiger partial charge in [0.15, 0.2) is 0 Å². The zero-order valence-corrected chi connectivity index (χ0v) is 11.7. The van der Waals surface area contributed by atoms with Crippen LogP contribution in [-0.2, 0) is 11.3 Å². The Morgan fingerprint density at radius 3 is 3.05 bits per heavy atom. The highest BCUT2D eigenvalue weighted by molar-refractivity contribution is 5.95. The summed E-state index contributed by atoms with van der Waals surface area (Å²) in [5.74, 6) is -0.894. The van der Waals surface area contributed by atoms with Crippen LogP contribution in [0.2, 0.25) is 0 Å². The maximum Gasteiger partial charge on any atom is 0.339 e. The first-order chi connectivity index (χ1) is 10.2. The number of ether oxygens (including phenoxy) is 1. The molecule has 1 N–H and O–H groups in total. The molecular formula is C15H16FN3O2. The van der Waals surface area contributed by atoms with Gasteiger partial charge in [-0.05, 0) is 31.0 Å². The van der Waals surface area contributed by atoms with E-state index in [1.807, 2.05) is 6.33 Å². The van der Waals surface area contributed by atoms with E-state index in [1.54, 1.807) is 6.20 Å². The van der Waals surface area contributed by atoms with E-state index in [2.05, 4.69) is 14.9 Å². The number of benzene rings is 1. The third-order valence-electron chi connectivity index (χ3n) is 3.53. The molecule has 0 spiro atoms. The van der Waals surface area contributed by atoms with E-state index < -0.39 is 11.8 Å². The maximum atomic E-state index is 13.4. The fraction of sp³-hybridized carbons (Fsp3) is 0.333. The van der Waals surface area contributed by atoms with Gasteiger partial charge in [0.2, 0.25) is 0 Å². The highest BCUT2D eigenvalue weighted by Gasteiger charge is 2.25. The summed E-state index contributed by atoms with van der Waals surface area (Å²) in [6.45, 7) is 0.476. The van der Waals surface area contributed by atoms with Gasteiger partial charge in [-0.1, -0.05) is 0 Å². The van der Waals surface area contributed by atoms with Crippen molar-refractivity contribution in [1.29, 1.82) is 0 Å². The van der Waals surface area contributed by atoms with E-state index in [9.17, 15) is 9.18 Å². The first-order valence-corrected chi connectivity index (χ1v) is 6.81. The molecule has 0 unspecified atom stereocenters. The molecule has 6 heteroatoms. The van der Waals surface area contributed by atoms with Gasteiger partial charge in [0.1, 0.15) is 5.82 Å². The zero-order valence-electron chi connectivity index (χ0n) is 11.7. The Morgan fingerprint density at radius 2 is 2.33 bits per heavy atom. The fourth-order valence-electron chi connectivity index (χ4n) is 2.29. The predicted octanol–water partition coefficient (Wildman–Crippen LogP) is 2.76. The number of nitrogens with zero attached hydrogens (tertiary/aromatic N) is 2. The summed E-state index contributed by atoms with van der Waals surface area (Å²) >= 11 is 0.